The van der Waals surface area contributed by atoms with Crippen LogP contribution in [0.25, 0.3) is 6.08 Å². The second-order valence-electron chi connectivity index (χ2n) is 5.84. The first-order valence-corrected chi connectivity index (χ1v) is 8.94. The Bertz CT molecular complexity index is 788. The zero-order valence-corrected chi connectivity index (χ0v) is 15.1. The summed E-state index contributed by atoms with van der Waals surface area (Å²) in [5, 5.41) is 11.1. The number of benzene rings is 1. The molecule has 1 aromatic rings. The van der Waals surface area contributed by atoms with Crippen LogP contribution in [-0.4, -0.2) is 51.5 Å². The van der Waals surface area contributed by atoms with Gasteiger partial charge in [-0.25, -0.2) is 0 Å². The van der Waals surface area contributed by atoms with Crippen LogP contribution in [0.1, 0.15) is 28.8 Å². The van der Waals surface area contributed by atoms with Gasteiger partial charge in [0, 0.05) is 19.2 Å². The van der Waals surface area contributed by atoms with E-state index in [9.17, 15) is 19.5 Å². The number of aliphatic carboxylic acids is 1. The van der Waals surface area contributed by atoms with Crippen molar-refractivity contribution in [1.29, 1.82) is 0 Å². The zero-order valence-electron chi connectivity index (χ0n) is 13.4. The van der Waals surface area contributed by atoms with Gasteiger partial charge in [0.25, 0.3) is 11.8 Å². The minimum Gasteiger partial charge on any atom is -0.548 e. The number of carboxylic acid groups (broad SMARTS) is 1. The van der Waals surface area contributed by atoms with Crippen LogP contribution >= 0.6 is 24.0 Å². The maximum absolute atomic E-state index is 12.5. The fourth-order valence-corrected chi connectivity index (χ4v) is 4.02. The molecule has 6 nitrogen and oxygen atoms in total. The van der Waals surface area contributed by atoms with Gasteiger partial charge >= 0.3 is 0 Å². The molecule has 0 spiro atoms. The van der Waals surface area contributed by atoms with E-state index < -0.39 is 12.0 Å². The number of likely N-dealkylation sites (tertiary alicyclic amines) is 1. The second-order valence-corrected chi connectivity index (χ2v) is 7.51. The number of amides is 2. The second kappa shape index (κ2) is 6.97. The molecule has 0 radical (unpaired) electrons. The lowest BCUT2D eigenvalue weighted by Crippen LogP contribution is -2.46. The molecule has 3 rings (SSSR count). The van der Waals surface area contributed by atoms with Gasteiger partial charge in [-0.2, -0.15) is 0 Å². The van der Waals surface area contributed by atoms with Crippen LogP contribution < -0.4 is 5.11 Å². The number of rotatable bonds is 3. The molecule has 2 heterocycles. The maximum atomic E-state index is 12.5. The summed E-state index contributed by atoms with van der Waals surface area (Å²) in [5.74, 6) is -1.69. The molecule has 0 unspecified atom stereocenters. The average Bonchev–Trinajstić information content (AvgIpc) is 3.17. The van der Waals surface area contributed by atoms with E-state index in [0.29, 0.717) is 34.2 Å². The average molecular weight is 375 g/mol. The first-order valence-electron chi connectivity index (χ1n) is 7.72. The van der Waals surface area contributed by atoms with Crippen molar-refractivity contribution >= 4 is 52.2 Å². The Labute approximate surface area is 154 Å². The highest BCUT2D eigenvalue weighted by molar-refractivity contribution is 8.26. The third-order valence-electron chi connectivity index (χ3n) is 4.23. The van der Waals surface area contributed by atoms with E-state index in [1.165, 1.54) is 21.6 Å². The number of carboxylic acids is 1. The van der Waals surface area contributed by atoms with Crippen molar-refractivity contribution < 1.29 is 19.5 Å². The molecule has 0 saturated carbocycles. The van der Waals surface area contributed by atoms with Crippen LogP contribution in [0, 0.1) is 0 Å². The summed E-state index contributed by atoms with van der Waals surface area (Å²) in [7, 11) is 1.63. The Morgan fingerprint density at radius 2 is 2.00 bits per heavy atom. The topological polar surface area (TPSA) is 80.8 Å². The molecule has 1 aromatic carbocycles. The van der Waals surface area contributed by atoms with Gasteiger partial charge in [-0.15, -0.1) is 0 Å². The number of hydrogen-bond acceptors (Lipinski definition) is 6. The fraction of sp³-hybridized carbons (Fsp3) is 0.294. The quantitative estimate of drug-likeness (QED) is 0.576. The maximum Gasteiger partial charge on any atom is 0.265 e. The number of nitrogens with zero attached hydrogens (tertiary/aromatic N) is 2. The van der Waals surface area contributed by atoms with Crippen molar-refractivity contribution in [1.82, 2.24) is 9.80 Å². The highest BCUT2D eigenvalue weighted by Gasteiger charge is 2.30. The summed E-state index contributed by atoms with van der Waals surface area (Å²) in [4.78, 5) is 38.9. The van der Waals surface area contributed by atoms with E-state index in [1.54, 1.807) is 37.4 Å². The molecule has 25 heavy (non-hydrogen) atoms. The number of thiocarbonyl (C=S) groups is 1. The first kappa shape index (κ1) is 17.6. The molecule has 0 N–H and O–H groups in total. The van der Waals surface area contributed by atoms with Gasteiger partial charge in [0.1, 0.15) is 4.32 Å². The third kappa shape index (κ3) is 3.45. The van der Waals surface area contributed by atoms with E-state index in [1.807, 2.05) is 0 Å². The Hall–Kier alpha value is -2.19. The van der Waals surface area contributed by atoms with Gasteiger partial charge in [-0.1, -0.05) is 36.1 Å². The van der Waals surface area contributed by atoms with E-state index in [0.717, 1.165) is 5.56 Å². The molecule has 1 atom stereocenters. The fourth-order valence-electron chi connectivity index (χ4n) is 2.84. The number of likely N-dealkylation sites (N-methyl/N-ethyl adjacent to an activating group) is 1. The summed E-state index contributed by atoms with van der Waals surface area (Å²) in [6, 6.07) is 5.84. The summed E-state index contributed by atoms with van der Waals surface area (Å²) >= 11 is 6.32. The third-order valence-corrected chi connectivity index (χ3v) is 5.71. The molecule has 130 valence electrons. The van der Waals surface area contributed by atoms with Crippen molar-refractivity contribution in [3.8, 4) is 0 Å². The van der Waals surface area contributed by atoms with Gasteiger partial charge in [0.05, 0.1) is 16.9 Å². The summed E-state index contributed by atoms with van der Waals surface area (Å²) in [5.41, 5.74) is 1.18. The highest BCUT2D eigenvalue weighted by Crippen LogP contribution is 2.31. The Balaban J connectivity index is 1.77. The van der Waals surface area contributed by atoms with Crippen LogP contribution in [0.3, 0.4) is 0 Å². The van der Waals surface area contributed by atoms with Crippen molar-refractivity contribution in [3.05, 3.63) is 40.3 Å². The molecule has 2 fully saturated rings. The minimum absolute atomic E-state index is 0.149. The van der Waals surface area contributed by atoms with Crippen LogP contribution in [0.2, 0.25) is 0 Å². The molecule has 0 aliphatic carbocycles. The van der Waals surface area contributed by atoms with E-state index >= 15 is 0 Å². The van der Waals surface area contributed by atoms with Gasteiger partial charge in [-0.3, -0.25) is 14.5 Å². The van der Waals surface area contributed by atoms with E-state index in [4.69, 9.17) is 12.2 Å². The summed E-state index contributed by atoms with van der Waals surface area (Å²) in [6.45, 7) is 0.415. The largest absolute Gasteiger partial charge is 0.548 e. The minimum atomic E-state index is -1.22. The van der Waals surface area contributed by atoms with Crippen molar-refractivity contribution in [2.75, 3.05) is 13.6 Å². The zero-order chi connectivity index (χ0) is 18.1. The molecular formula is C17H15N2O4S2-. The Morgan fingerprint density at radius 1 is 1.32 bits per heavy atom. The SMILES string of the molecule is CN1C(=O)/C(=C\c2ccc(C(=O)N3CCC[C@H]3C(=O)[O-])cc2)SC1=S. The molecule has 2 aliphatic heterocycles. The monoisotopic (exact) mass is 375 g/mol. The van der Waals surface area contributed by atoms with Gasteiger partial charge in [0.15, 0.2) is 0 Å². The number of thioether (sulfide) groups is 1. The van der Waals surface area contributed by atoms with Crippen LogP contribution in [0.15, 0.2) is 29.2 Å². The standard InChI is InChI=1S/C17H16N2O4S2/c1-18-15(21)13(25-17(18)24)9-10-4-6-11(7-5-10)14(20)19-8-2-3-12(19)16(22)23/h4-7,9,12H,2-3,8H2,1H3,(H,22,23)/p-1/b13-9+/t12-/m0/s1. The lowest BCUT2D eigenvalue weighted by atomic mass is 10.1. The number of carbonyl (C=O) groups is 3. The van der Waals surface area contributed by atoms with Gasteiger partial charge in [0.2, 0.25) is 0 Å². The van der Waals surface area contributed by atoms with Crippen molar-refractivity contribution in [3.63, 3.8) is 0 Å². The van der Waals surface area contributed by atoms with Crippen LogP contribution in [0.5, 0.6) is 0 Å². The number of carbonyl (C=O) groups excluding carboxylic acids is 3. The molecule has 2 amide bonds. The molecule has 2 aliphatic rings. The summed E-state index contributed by atoms with van der Waals surface area (Å²) in [6.07, 6.45) is 2.79. The van der Waals surface area contributed by atoms with Gasteiger partial charge < -0.3 is 14.8 Å². The predicted octanol–water partition coefficient (Wildman–Crippen LogP) is 0.872. The molecular weight excluding hydrogens is 360 g/mol. The highest BCUT2D eigenvalue weighted by atomic mass is 32.2. The smallest absolute Gasteiger partial charge is 0.265 e. The van der Waals surface area contributed by atoms with Gasteiger partial charge in [-0.05, 0) is 36.6 Å². The number of hydrogen-bond donors (Lipinski definition) is 0. The normalized spacial score (nSPS) is 22.1. The lowest BCUT2D eigenvalue weighted by molar-refractivity contribution is -0.310. The molecule has 0 aromatic heterocycles. The molecule has 8 heteroatoms. The van der Waals surface area contributed by atoms with Crippen molar-refractivity contribution in [2.45, 2.75) is 18.9 Å². The van der Waals surface area contributed by atoms with E-state index in [2.05, 4.69) is 0 Å². The van der Waals surface area contributed by atoms with Crippen LogP contribution in [0.4, 0.5) is 0 Å². The first-order chi connectivity index (χ1) is 11.9. The Kier molecular flexibility index (Phi) is 4.91. The van der Waals surface area contributed by atoms with E-state index in [-0.39, 0.29) is 11.8 Å². The predicted molar refractivity (Wildman–Crippen MR) is 96.4 cm³/mol. The Morgan fingerprint density at radius 3 is 2.56 bits per heavy atom. The van der Waals surface area contributed by atoms with Crippen molar-refractivity contribution in [2.24, 2.45) is 0 Å². The lowest BCUT2D eigenvalue weighted by Gasteiger charge is -2.25. The summed E-state index contributed by atoms with van der Waals surface area (Å²) < 4.78 is 0.505. The molecule has 0 bridgehead atoms. The van der Waals surface area contributed by atoms with Crippen LogP contribution in [-0.2, 0) is 9.59 Å². The molecule has 2 saturated heterocycles.